The van der Waals surface area contributed by atoms with Gasteiger partial charge in [0.25, 0.3) is 0 Å². The summed E-state index contributed by atoms with van der Waals surface area (Å²) >= 11 is 0. The Hall–Kier alpha value is -6.91. The van der Waals surface area contributed by atoms with E-state index in [1.165, 1.54) is 11.1 Å². The van der Waals surface area contributed by atoms with Gasteiger partial charge in [-0.05, 0) is 83.3 Å². The summed E-state index contributed by atoms with van der Waals surface area (Å²) in [5.41, 5.74) is 7.51. The van der Waals surface area contributed by atoms with E-state index in [-0.39, 0.29) is 13.5 Å². The summed E-state index contributed by atoms with van der Waals surface area (Å²) in [5.74, 6) is 3.69. The van der Waals surface area contributed by atoms with Crippen LogP contribution in [0.3, 0.4) is 0 Å². The van der Waals surface area contributed by atoms with Crippen LogP contribution in [0.1, 0.15) is 46.1 Å². The van der Waals surface area contributed by atoms with Crippen LogP contribution in [-0.4, -0.2) is 41.3 Å². The van der Waals surface area contributed by atoms with Gasteiger partial charge in [-0.3, -0.25) is 4.79 Å². The summed E-state index contributed by atoms with van der Waals surface area (Å²) in [6.45, 7) is 1.41. The second-order valence-corrected chi connectivity index (χ2v) is 13.0. The number of carbonyl (C=O) groups is 1. The molecule has 0 aliphatic carbocycles. The second-order valence-electron chi connectivity index (χ2n) is 13.0. The van der Waals surface area contributed by atoms with Crippen LogP contribution in [-0.2, 0) is 13.0 Å². The van der Waals surface area contributed by atoms with Gasteiger partial charge in [0.05, 0.1) is 53.3 Å². The van der Waals surface area contributed by atoms with E-state index in [1.54, 1.807) is 65.4 Å². The fraction of sp³-hybridized carbons (Fsp3) is 0.188. The minimum absolute atomic E-state index is 0. The van der Waals surface area contributed by atoms with Gasteiger partial charge in [0, 0.05) is 28.3 Å². The monoisotopic (exact) mass is 781 g/mol. The molecule has 0 radical (unpaired) electrons. The average Bonchev–Trinajstić information content (AvgIpc) is 4.07. The van der Waals surface area contributed by atoms with E-state index in [4.69, 9.17) is 36.9 Å². The summed E-state index contributed by atoms with van der Waals surface area (Å²) in [6.07, 6.45) is 11.0. The highest BCUT2D eigenvalue weighted by molar-refractivity contribution is 5.98. The van der Waals surface area contributed by atoms with Gasteiger partial charge >= 0.3 is 0 Å². The Morgan fingerprint density at radius 1 is 0.638 bits per heavy atom. The van der Waals surface area contributed by atoms with Crippen LogP contribution in [0, 0.1) is 0 Å². The third-order valence-corrected chi connectivity index (χ3v) is 9.68. The van der Waals surface area contributed by atoms with Crippen molar-refractivity contribution in [1.29, 1.82) is 0 Å². The molecule has 4 heterocycles. The lowest BCUT2D eigenvalue weighted by Gasteiger charge is -2.26. The third-order valence-electron chi connectivity index (χ3n) is 9.68. The molecule has 1 unspecified atom stereocenters. The topological polar surface area (TPSA) is 115 Å². The fourth-order valence-corrected chi connectivity index (χ4v) is 6.79. The molecule has 1 aliphatic rings. The molecule has 0 saturated carbocycles. The lowest BCUT2D eigenvalue weighted by molar-refractivity contribution is 0.112. The summed E-state index contributed by atoms with van der Waals surface area (Å²) in [6, 6.07) is 33.3. The standard InChI is InChI=1S/C28H27NO4.C10H8O3.C9H8O2.CH4/c1-30-25-11-9-20(22-13-15-32-28(22)25)8-10-24-23-17-26(31-2)27(16-21(23)12-14-29-24)33-18-19-6-4-3-5-7-19;1-12-9-3-2-7(6-11)8-4-5-13-10(8)9;1-10-8-4-2-3-7-5-6-11-9(7)8;/h3-11,13,15-17,24,29H,12,14,18H2,1-2H3;2-6H,1H3;2-6H,1H3;1H4/b10-8+;;;. The zero-order valence-corrected chi connectivity index (χ0v) is 32.2. The van der Waals surface area contributed by atoms with Crippen molar-refractivity contribution >= 4 is 45.3 Å². The van der Waals surface area contributed by atoms with E-state index in [0.29, 0.717) is 23.5 Å². The Morgan fingerprint density at radius 3 is 1.93 bits per heavy atom. The maximum Gasteiger partial charge on any atom is 0.176 e. The molecule has 3 aromatic heterocycles. The zero-order chi connectivity index (χ0) is 39.6. The summed E-state index contributed by atoms with van der Waals surface area (Å²) in [5, 5.41) is 6.50. The number of fused-ring (bicyclic) bond motifs is 4. The number of hydrogen-bond donors (Lipinski definition) is 1. The lowest BCUT2D eigenvalue weighted by atomic mass is 9.92. The van der Waals surface area contributed by atoms with Crippen molar-refractivity contribution < 1.29 is 41.7 Å². The second kappa shape index (κ2) is 19.3. The van der Waals surface area contributed by atoms with Gasteiger partial charge in [-0.25, -0.2) is 0 Å². The Morgan fingerprint density at radius 2 is 1.26 bits per heavy atom. The first-order valence-corrected chi connectivity index (χ1v) is 18.4. The van der Waals surface area contributed by atoms with Gasteiger partial charge in [0.1, 0.15) is 6.61 Å². The van der Waals surface area contributed by atoms with Crippen LogP contribution in [0.2, 0.25) is 0 Å². The first-order valence-electron chi connectivity index (χ1n) is 18.4. The van der Waals surface area contributed by atoms with Gasteiger partial charge in [0.15, 0.2) is 51.8 Å². The molecular formula is C48H47NO9. The van der Waals surface area contributed by atoms with E-state index in [0.717, 1.165) is 80.7 Å². The van der Waals surface area contributed by atoms with Crippen LogP contribution >= 0.6 is 0 Å². The van der Waals surface area contributed by atoms with E-state index in [2.05, 4.69) is 47.8 Å². The Labute approximate surface area is 337 Å². The predicted octanol–water partition coefficient (Wildman–Crippen LogP) is 11.3. The van der Waals surface area contributed by atoms with Crippen molar-refractivity contribution in [1.82, 2.24) is 5.32 Å². The van der Waals surface area contributed by atoms with Crippen LogP contribution in [0.4, 0.5) is 0 Å². The van der Waals surface area contributed by atoms with E-state index in [9.17, 15) is 4.79 Å². The normalized spacial score (nSPS) is 13.1. The Kier molecular flexibility index (Phi) is 13.6. The SMILES string of the molecule is C.COc1cc2c(cc1OCc1ccccc1)CCNC2/C=C/c1ccc(OC)c2occc12.COc1ccc(C=O)c2ccoc12.COc1cccc2ccoc12. The highest BCUT2D eigenvalue weighted by Gasteiger charge is 2.21. The van der Waals surface area contributed by atoms with Crippen molar-refractivity contribution in [2.45, 2.75) is 26.5 Å². The van der Waals surface area contributed by atoms with Crippen molar-refractivity contribution in [3.63, 3.8) is 0 Å². The first kappa shape index (κ1) is 40.7. The number of rotatable bonds is 10. The van der Waals surface area contributed by atoms with Gasteiger partial charge in [0.2, 0.25) is 0 Å². The fourth-order valence-electron chi connectivity index (χ4n) is 6.79. The zero-order valence-electron chi connectivity index (χ0n) is 32.2. The maximum absolute atomic E-state index is 10.6. The number of hydrogen-bond acceptors (Lipinski definition) is 10. The molecule has 8 aromatic rings. The van der Waals surface area contributed by atoms with Crippen molar-refractivity contribution in [3.05, 3.63) is 156 Å². The lowest BCUT2D eigenvalue weighted by Crippen LogP contribution is -2.28. The number of aldehydes is 1. The summed E-state index contributed by atoms with van der Waals surface area (Å²) in [7, 11) is 6.54. The van der Waals surface area contributed by atoms with E-state index < -0.39 is 0 Å². The van der Waals surface area contributed by atoms with Crippen molar-refractivity contribution in [2.75, 3.05) is 35.0 Å². The molecule has 1 atom stereocenters. The third kappa shape index (κ3) is 8.88. The molecule has 0 amide bonds. The number of carbonyl (C=O) groups excluding carboxylic acids is 1. The molecule has 0 fully saturated rings. The van der Waals surface area contributed by atoms with Gasteiger partial charge in [-0.1, -0.05) is 68.1 Å². The molecule has 1 aliphatic heterocycles. The summed E-state index contributed by atoms with van der Waals surface area (Å²) in [4.78, 5) is 10.6. The molecule has 58 heavy (non-hydrogen) atoms. The highest BCUT2D eigenvalue weighted by atomic mass is 16.5. The molecule has 0 saturated heterocycles. The number of para-hydroxylation sites is 1. The molecule has 10 heteroatoms. The molecule has 9 rings (SSSR count). The van der Waals surface area contributed by atoms with Gasteiger partial charge in [-0.15, -0.1) is 0 Å². The van der Waals surface area contributed by atoms with E-state index in [1.807, 2.05) is 54.6 Å². The van der Waals surface area contributed by atoms with Crippen LogP contribution in [0.5, 0.6) is 28.7 Å². The smallest absolute Gasteiger partial charge is 0.176 e. The van der Waals surface area contributed by atoms with Crippen LogP contribution in [0.25, 0.3) is 39.0 Å². The Bertz CT molecular complexity index is 2600. The minimum Gasteiger partial charge on any atom is -0.493 e. The number of methoxy groups -OCH3 is 4. The number of nitrogens with one attached hydrogen (secondary N) is 1. The van der Waals surface area contributed by atoms with Crippen LogP contribution in [0.15, 0.2) is 141 Å². The average molecular weight is 782 g/mol. The van der Waals surface area contributed by atoms with Crippen LogP contribution < -0.4 is 29.0 Å². The molecule has 0 spiro atoms. The molecule has 1 N–H and O–H groups in total. The number of benzene rings is 5. The summed E-state index contributed by atoms with van der Waals surface area (Å²) < 4.78 is 43.4. The predicted molar refractivity (Wildman–Crippen MR) is 228 cm³/mol. The maximum atomic E-state index is 10.6. The van der Waals surface area contributed by atoms with E-state index >= 15 is 0 Å². The molecule has 298 valence electrons. The first-order chi connectivity index (χ1) is 28.0. The largest absolute Gasteiger partial charge is 0.493 e. The van der Waals surface area contributed by atoms with Gasteiger partial charge < -0.3 is 42.3 Å². The Balaban J connectivity index is 0.000000184. The molecule has 0 bridgehead atoms. The van der Waals surface area contributed by atoms with Crippen molar-refractivity contribution in [3.8, 4) is 28.7 Å². The highest BCUT2D eigenvalue weighted by Crippen LogP contribution is 2.37. The quantitative estimate of drug-likeness (QED) is 0.134. The molecule has 5 aromatic carbocycles. The number of ether oxygens (including phenoxy) is 5. The number of furan rings is 3. The van der Waals surface area contributed by atoms with Gasteiger partial charge in [-0.2, -0.15) is 0 Å². The van der Waals surface area contributed by atoms with Crippen molar-refractivity contribution in [2.24, 2.45) is 0 Å². The molecular weight excluding hydrogens is 735 g/mol. The molecule has 10 nitrogen and oxygen atoms in total. The minimum atomic E-state index is 0.